The van der Waals surface area contributed by atoms with Gasteiger partial charge in [-0.1, -0.05) is 53.0 Å². The maximum Gasteiger partial charge on any atom is 0.142 e. The quantitative estimate of drug-likeness (QED) is 0.279. The lowest BCUT2D eigenvalue weighted by molar-refractivity contribution is 0.301. The summed E-state index contributed by atoms with van der Waals surface area (Å²) >= 11 is 12.6. The Balaban J connectivity index is 1.49. The average Bonchev–Trinajstić information content (AvgIpc) is 3.07. The van der Waals surface area contributed by atoms with Crippen molar-refractivity contribution in [3.05, 3.63) is 81.8 Å². The highest BCUT2D eigenvalue weighted by atomic mass is 35.5. The highest BCUT2D eigenvalue weighted by molar-refractivity contribution is 6.36. The van der Waals surface area contributed by atoms with Crippen molar-refractivity contribution in [1.82, 2.24) is 9.55 Å². The van der Waals surface area contributed by atoms with E-state index in [0.717, 1.165) is 47.6 Å². The number of aromatic nitrogens is 2. The van der Waals surface area contributed by atoms with Gasteiger partial charge in [0.2, 0.25) is 0 Å². The van der Waals surface area contributed by atoms with Crippen molar-refractivity contribution in [2.75, 3.05) is 6.61 Å². The summed E-state index contributed by atoms with van der Waals surface area (Å²) in [6.45, 7) is 5.71. The number of halogens is 2. The molecular weight excluding hydrogens is 415 g/mol. The van der Waals surface area contributed by atoms with E-state index in [-0.39, 0.29) is 0 Å². The number of unbranched alkanes of at least 4 members (excludes halogenated alkanes) is 1. The molecule has 0 aliphatic rings. The van der Waals surface area contributed by atoms with E-state index >= 15 is 0 Å². The Labute approximate surface area is 187 Å². The van der Waals surface area contributed by atoms with E-state index in [0.29, 0.717) is 16.7 Å². The first-order chi connectivity index (χ1) is 14.5. The van der Waals surface area contributed by atoms with E-state index in [2.05, 4.69) is 42.7 Å². The number of imidazole rings is 1. The number of rotatable bonds is 7. The van der Waals surface area contributed by atoms with Gasteiger partial charge in [-0.05, 0) is 68.7 Å². The Morgan fingerprint density at radius 3 is 2.57 bits per heavy atom. The molecule has 30 heavy (non-hydrogen) atoms. The summed E-state index contributed by atoms with van der Waals surface area (Å²) in [6, 6.07) is 20.0. The normalized spacial score (nSPS) is 11.2. The zero-order valence-electron chi connectivity index (χ0n) is 17.2. The zero-order valence-corrected chi connectivity index (χ0v) is 18.7. The second kappa shape index (κ2) is 9.11. The topological polar surface area (TPSA) is 27.1 Å². The van der Waals surface area contributed by atoms with Crippen molar-refractivity contribution in [1.29, 1.82) is 0 Å². The molecule has 4 aromatic rings. The molecule has 0 spiro atoms. The molecule has 0 N–H and O–H groups in total. The molecule has 0 unspecified atom stereocenters. The number of para-hydroxylation sites is 2. The first-order valence-corrected chi connectivity index (χ1v) is 10.9. The molecule has 5 heteroatoms. The third-order valence-electron chi connectivity index (χ3n) is 5.19. The van der Waals surface area contributed by atoms with Crippen molar-refractivity contribution in [3.63, 3.8) is 0 Å². The first kappa shape index (κ1) is 20.8. The van der Waals surface area contributed by atoms with Gasteiger partial charge in [-0.2, -0.15) is 0 Å². The average molecular weight is 439 g/mol. The van der Waals surface area contributed by atoms with Gasteiger partial charge in [0.25, 0.3) is 0 Å². The number of hydrogen-bond donors (Lipinski definition) is 0. The fourth-order valence-electron chi connectivity index (χ4n) is 3.69. The van der Waals surface area contributed by atoms with E-state index in [9.17, 15) is 0 Å². The maximum absolute atomic E-state index is 6.48. The minimum absolute atomic E-state index is 0.609. The lowest BCUT2D eigenvalue weighted by atomic mass is 10.1. The smallest absolute Gasteiger partial charge is 0.142 e. The molecular formula is C25H24Cl2N2O. The molecule has 3 aromatic carbocycles. The Morgan fingerprint density at radius 1 is 0.933 bits per heavy atom. The monoisotopic (exact) mass is 438 g/mol. The number of hydrogen-bond acceptors (Lipinski definition) is 2. The number of ether oxygens (including phenoxy) is 1. The lowest BCUT2D eigenvalue weighted by Gasteiger charge is -2.12. The van der Waals surface area contributed by atoms with Crippen LogP contribution in [0.25, 0.3) is 22.4 Å². The summed E-state index contributed by atoms with van der Waals surface area (Å²) in [5, 5.41) is 1.23. The summed E-state index contributed by atoms with van der Waals surface area (Å²) in [4.78, 5) is 4.84. The third kappa shape index (κ3) is 4.48. The highest BCUT2D eigenvalue weighted by Gasteiger charge is 2.15. The van der Waals surface area contributed by atoms with Gasteiger partial charge in [0.05, 0.1) is 22.7 Å². The summed E-state index contributed by atoms with van der Waals surface area (Å²) < 4.78 is 8.22. The van der Waals surface area contributed by atoms with Crippen LogP contribution in [-0.4, -0.2) is 16.2 Å². The van der Waals surface area contributed by atoms with Crippen LogP contribution in [0.4, 0.5) is 0 Å². The van der Waals surface area contributed by atoms with Crippen molar-refractivity contribution >= 4 is 34.2 Å². The number of aryl methyl sites for hydroxylation is 3. The molecule has 0 amide bonds. The Bertz CT molecular complexity index is 1180. The van der Waals surface area contributed by atoms with Crippen LogP contribution >= 0.6 is 23.2 Å². The fourth-order valence-corrected chi connectivity index (χ4v) is 4.19. The molecule has 0 atom stereocenters. The summed E-state index contributed by atoms with van der Waals surface area (Å²) in [7, 11) is 0. The zero-order chi connectivity index (χ0) is 21.1. The van der Waals surface area contributed by atoms with Crippen LogP contribution in [0, 0.1) is 13.8 Å². The van der Waals surface area contributed by atoms with Gasteiger partial charge in [-0.25, -0.2) is 4.98 Å². The lowest BCUT2D eigenvalue weighted by Crippen LogP contribution is -2.04. The first-order valence-electron chi connectivity index (χ1n) is 10.1. The standard InChI is InChI=1S/C25H24Cl2N2O/c1-17-9-12-24(18(2)15-17)30-14-6-5-13-29-23-8-4-3-7-22(23)28-25(29)20-11-10-19(26)16-21(20)27/h3-4,7-12,15-16H,5-6,13-14H2,1-2H3. The Kier molecular flexibility index (Phi) is 6.31. The number of fused-ring (bicyclic) bond motifs is 1. The summed E-state index contributed by atoms with van der Waals surface area (Å²) in [5.41, 5.74) is 5.39. The molecule has 0 radical (unpaired) electrons. The van der Waals surface area contributed by atoms with Crippen molar-refractivity contribution < 1.29 is 4.74 Å². The highest BCUT2D eigenvalue weighted by Crippen LogP contribution is 2.32. The molecule has 0 fully saturated rings. The van der Waals surface area contributed by atoms with Gasteiger partial charge < -0.3 is 9.30 Å². The Hall–Kier alpha value is -2.49. The van der Waals surface area contributed by atoms with E-state index in [4.69, 9.17) is 32.9 Å². The molecule has 4 rings (SSSR count). The largest absolute Gasteiger partial charge is 0.493 e. The van der Waals surface area contributed by atoms with Crippen LogP contribution in [0.3, 0.4) is 0 Å². The molecule has 0 aliphatic carbocycles. The SMILES string of the molecule is Cc1ccc(OCCCCn2c(-c3ccc(Cl)cc3Cl)nc3ccccc32)c(C)c1. The van der Waals surface area contributed by atoms with Gasteiger partial charge in [0.15, 0.2) is 0 Å². The van der Waals surface area contributed by atoms with Gasteiger partial charge in [0.1, 0.15) is 11.6 Å². The molecule has 1 aromatic heterocycles. The van der Waals surface area contributed by atoms with Gasteiger partial charge in [-0.15, -0.1) is 0 Å². The van der Waals surface area contributed by atoms with Crippen LogP contribution in [0.15, 0.2) is 60.7 Å². The van der Waals surface area contributed by atoms with Gasteiger partial charge >= 0.3 is 0 Å². The predicted octanol–water partition coefficient (Wildman–Crippen LogP) is 7.49. The molecule has 0 aliphatic heterocycles. The predicted molar refractivity (Wildman–Crippen MR) is 126 cm³/mol. The van der Waals surface area contributed by atoms with Crippen molar-refractivity contribution in [2.45, 2.75) is 33.2 Å². The Morgan fingerprint density at radius 2 is 1.77 bits per heavy atom. The molecule has 154 valence electrons. The van der Waals surface area contributed by atoms with Crippen LogP contribution in [0.5, 0.6) is 5.75 Å². The minimum Gasteiger partial charge on any atom is -0.493 e. The molecule has 0 bridgehead atoms. The third-order valence-corrected chi connectivity index (χ3v) is 5.74. The van der Waals surface area contributed by atoms with Crippen molar-refractivity contribution in [2.24, 2.45) is 0 Å². The second-order valence-electron chi connectivity index (χ2n) is 7.52. The molecule has 1 heterocycles. The van der Waals surface area contributed by atoms with E-state index < -0.39 is 0 Å². The van der Waals surface area contributed by atoms with Crippen LogP contribution < -0.4 is 4.74 Å². The van der Waals surface area contributed by atoms with E-state index in [1.54, 1.807) is 6.07 Å². The fraction of sp³-hybridized carbons (Fsp3) is 0.240. The van der Waals surface area contributed by atoms with E-state index in [1.165, 1.54) is 11.1 Å². The maximum atomic E-state index is 6.48. The van der Waals surface area contributed by atoms with Crippen LogP contribution in [0.1, 0.15) is 24.0 Å². The summed E-state index contributed by atoms with van der Waals surface area (Å²) in [5.74, 6) is 1.83. The molecule has 0 saturated carbocycles. The van der Waals surface area contributed by atoms with Gasteiger partial charge in [-0.3, -0.25) is 0 Å². The number of nitrogens with zero attached hydrogens (tertiary/aromatic N) is 2. The van der Waals surface area contributed by atoms with Crippen molar-refractivity contribution in [3.8, 4) is 17.1 Å². The van der Waals surface area contributed by atoms with Crippen LogP contribution in [0.2, 0.25) is 10.0 Å². The van der Waals surface area contributed by atoms with E-state index in [1.807, 2.05) is 30.3 Å². The number of benzene rings is 3. The second-order valence-corrected chi connectivity index (χ2v) is 8.37. The summed E-state index contributed by atoms with van der Waals surface area (Å²) in [6.07, 6.45) is 1.93. The molecule has 3 nitrogen and oxygen atoms in total. The van der Waals surface area contributed by atoms with Gasteiger partial charge in [0, 0.05) is 17.1 Å². The minimum atomic E-state index is 0.609. The molecule has 0 saturated heterocycles. The van der Waals surface area contributed by atoms with Crippen LogP contribution in [-0.2, 0) is 6.54 Å².